The third-order valence-electron chi connectivity index (χ3n) is 10.5. The van der Waals surface area contributed by atoms with Crippen molar-refractivity contribution in [3.05, 3.63) is 208 Å². The van der Waals surface area contributed by atoms with Gasteiger partial charge in [-0.05, 0) is 91.6 Å². The molecule has 0 fully saturated rings. The Kier molecular flexibility index (Phi) is 13.0. The van der Waals surface area contributed by atoms with Crippen LogP contribution in [-0.4, -0.2) is 32.9 Å². The van der Waals surface area contributed by atoms with E-state index in [9.17, 15) is 30.3 Å². The average molecular weight is 772 g/mol. The molecule has 0 saturated carbocycles. The number of benzene rings is 7. The molecule has 7 heteroatoms. The summed E-state index contributed by atoms with van der Waals surface area (Å²) in [7, 11) is 0. The molecule has 4 N–H and O–H groups in total. The zero-order valence-corrected chi connectivity index (χ0v) is 33.1. The van der Waals surface area contributed by atoms with Crippen molar-refractivity contribution < 1.29 is 30.3 Å². The van der Waals surface area contributed by atoms with Gasteiger partial charge in [0.25, 0.3) is 0 Å². The largest absolute Gasteiger partial charge is 0.872 e. The molecule has 294 valence electrons. The van der Waals surface area contributed by atoms with Crippen molar-refractivity contribution in [2.24, 2.45) is 0 Å². The first-order chi connectivity index (χ1) is 27.9. The van der Waals surface area contributed by atoms with Gasteiger partial charge in [-0.3, -0.25) is 4.79 Å². The zero-order chi connectivity index (χ0) is 41.2. The molecule has 0 spiro atoms. The molecule has 58 heavy (non-hydrogen) atoms. The summed E-state index contributed by atoms with van der Waals surface area (Å²) in [6, 6.07) is 50.3. The monoisotopic (exact) mass is 771 g/mol. The Labute approximate surface area is 340 Å². The van der Waals surface area contributed by atoms with Crippen LogP contribution in [0.2, 0.25) is 0 Å². The lowest BCUT2D eigenvalue weighted by molar-refractivity contribution is -0.270. The number of aryl methyl sites for hydroxylation is 3. The van der Waals surface area contributed by atoms with Gasteiger partial charge in [0.15, 0.2) is 0 Å². The van der Waals surface area contributed by atoms with E-state index in [0.29, 0.717) is 58.1 Å². The quantitative estimate of drug-likeness (QED) is 0.0918. The Morgan fingerprint density at radius 1 is 0.483 bits per heavy atom. The van der Waals surface area contributed by atoms with E-state index >= 15 is 0 Å². The summed E-state index contributed by atoms with van der Waals surface area (Å²) < 4.78 is 0.384. The molecule has 0 aliphatic carbocycles. The highest BCUT2D eigenvalue weighted by atomic mass is 16.4. The third-order valence-corrected chi connectivity index (χ3v) is 10.5. The molecular weight excluding hydrogens is 723 g/mol. The van der Waals surface area contributed by atoms with Crippen LogP contribution in [0.5, 0.6) is 23.0 Å². The van der Waals surface area contributed by atoms with E-state index in [4.69, 9.17) is 0 Å². The van der Waals surface area contributed by atoms with Gasteiger partial charge in [0.1, 0.15) is 40.9 Å². The molecular formula is C51H49NO6. The Morgan fingerprint density at radius 2 is 0.862 bits per heavy atom. The van der Waals surface area contributed by atoms with Crippen LogP contribution in [0.25, 0.3) is 0 Å². The molecule has 0 bridgehead atoms. The Hall–Kier alpha value is -6.83. The molecule has 0 radical (unpaired) electrons. The number of hydrogen-bond donors (Lipinski definition) is 4. The van der Waals surface area contributed by atoms with Crippen molar-refractivity contribution in [1.29, 1.82) is 0 Å². The van der Waals surface area contributed by atoms with E-state index in [0.717, 1.165) is 39.3 Å². The molecule has 7 aromatic rings. The first-order valence-corrected chi connectivity index (χ1v) is 19.4. The van der Waals surface area contributed by atoms with Gasteiger partial charge in [-0.15, -0.1) is 5.75 Å². The van der Waals surface area contributed by atoms with Crippen molar-refractivity contribution in [2.75, 3.05) is 6.54 Å². The summed E-state index contributed by atoms with van der Waals surface area (Å²) in [6.07, 6.45) is 1.12. The maximum absolute atomic E-state index is 13.2. The molecule has 0 aromatic heterocycles. The maximum Gasteiger partial charge on any atom is 0.309 e. The van der Waals surface area contributed by atoms with Gasteiger partial charge in [0.05, 0.1) is 6.42 Å². The predicted octanol–water partition coefficient (Wildman–Crippen LogP) is 10.7. The Bertz CT molecular complexity index is 2390. The number of phenolic OH excluding ortho intramolecular Hbond substituents is 3. The third kappa shape index (κ3) is 9.57. The van der Waals surface area contributed by atoms with Gasteiger partial charge in [0.2, 0.25) is 0 Å². The van der Waals surface area contributed by atoms with Crippen molar-refractivity contribution in [1.82, 2.24) is 4.48 Å². The van der Waals surface area contributed by atoms with Crippen LogP contribution in [0.1, 0.15) is 56.5 Å². The minimum Gasteiger partial charge on any atom is -0.872 e. The average Bonchev–Trinajstić information content (AvgIpc) is 3.22. The molecule has 0 unspecified atom stereocenters. The van der Waals surface area contributed by atoms with E-state index in [1.807, 2.05) is 118 Å². The topological polar surface area (TPSA) is 121 Å². The molecule has 7 rings (SSSR count). The van der Waals surface area contributed by atoms with Gasteiger partial charge in [-0.2, -0.15) is 0 Å². The summed E-state index contributed by atoms with van der Waals surface area (Å²) in [6.45, 7) is 6.32. The van der Waals surface area contributed by atoms with Crippen molar-refractivity contribution >= 4 is 23.0 Å². The molecule has 0 atom stereocenters. The molecule has 7 aromatic carbocycles. The van der Waals surface area contributed by atoms with E-state index in [2.05, 4.69) is 36.4 Å². The lowest BCUT2D eigenvalue weighted by Crippen LogP contribution is -2.40. The maximum atomic E-state index is 13.2. The van der Waals surface area contributed by atoms with Crippen LogP contribution in [0.4, 0.5) is 17.1 Å². The molecule has 0 saturated heterocycles. The number of carbonyl (C=O) groups is 1. The molecule has 0 aliphatic rings. The van der Waals surface area contributed by atoms with Crippen LogP contribution >= 0.6 is 0 Å². The second-order valence-electron chi connectivity index (χ2n) is 14.8. The summed E-state index contributed by atoms with van der Waals surface area (Å²) in [5.74, 6) is -0.354. The number of carboxylic acid groups (broad SMARTS) is 1. The normalized spacial score (nSPS) is 11.1. The SMILES string of the molecule is Cc1ccc(O)c(Cc2cccc(Cc3cc(C)cc(Cc4cc(C)ccc4O)c3O)c2[O-])c1.O=C(O)CC[N+](c1ccccc1)(c1ccccc1)c1ccccc1. The molecule has 0 heterocycles. The number of carboxylic acids is 1. The second-order valence-corrected chi connectivity index (χ2v) is 14.8. The smallest absolute Gasteiger partial charge is 0.309 e. The van der Waals surface area contributed by atoms with Crippen LogP contribution in [0.3, 0.4) is 0 Å². The van der Waals surface area contributed by atoms with Crippen molar-refractivity contribution in [3.8, 4) is 23.0 Å². The fraction of sp³-hybridized carbons (Fsp3) is 0.157. The van der Waals surface area contributed by atoms with Crippen LogP contribution in [-0.2, 0) is 24.1 Å². The number of quaternary nitrogens is 1. The van der Waals surface area contributed by atoms with E-state index < -0.39 is 5.97 Å². The van der Waals surface area contributed by atoms with Gasteiger partial charge < -0.3 is 25.5 Å². The van der Waals surface area contributed by atoms with Crippen LogP contribution in [0.15, 0.2) is 158 Å². The van der Waals surface area contributed by atoms with Crippen molar-refractivity contribution in [2.45, 2.75) is 46.5 Å². The Morgan fingerprint density at radius 3 is 1.28 bits per heavy atom. The van der Waals surface area contributed by atoms with Gasteiger partial charge in [0, 0.05) is 19.3 Å². The first-order valence-electron chi connectivity index (χ1n) is 19.4. The highest BCUT2D eigenvalue weighted by Gasteiger charge is 2.36. The number of phenols is 3. The van der Waals surface area contributed by atoms with E-state index in [1.165, 1.54) is 0 Å². The number of hydrogen-bond acceptors (Lipinski definition) is 5. The minimum absolute atomic E-state index is 0.0813. The summed E-state index contributed by atoms with van der Waals surface area (Å²) in [4.78, 5) is 11.3. The summed E-state index contributed by atoms with van der Waals surface area (Å²) in [5.41, 5.74) is 10.2. The fourth-order valence-electron chi connectivity index (χ4n) is 7.59. The molecule has 0 aliphatic heterocycles. The fourth-order valence-corrected chi connectivity index (χ4v) is 7.59. The number of rotatable bonds is 12. The highest BCUT2D eigenvalue weighted by molar-refractivity contribution is 5.74. The molecule has 7 nitrogen and oxygen atoms in total. The number of nitrogens with zero attached hydrogens (tertiary/aromatic N) is 1. The minimum atomic E-state index is -0.791. The van der Waals surface area contributed by atoms with E-state index in [-0.39, 0.29) is 29.4 Å². The lowest BCUT2D eigenvalue weighted by atomic mass is 9.93. The number of para-hydroxylation sites is 4. The summed E-state index contributed by atoms with van der Waals surface area (Å²) in [5, 5.41) is 54.0. The number of aliphatic carboxylic acids is 1. The first kappa shape index (κ1) is 40.8. The van der Waals surface area contributed by atoms with Gasteiger partial charge in [-0.25, -0.2) is 4.48 Å². The van der Waals surface area contributed by atoms with Crippen LogP contribution in [0, 0.1) is 20.8 Å². The van der Waals surface area contributed by atoms with Crippen molar-refractivity contribution in [3.63, 3.8) is 0 Å². The van der Waals surface area contributed by atoms with E-state index in [1.54, 1.807) is 24.3 Å². The van der Waals surface area contributed by atoms with Gasteiger partial charge >= 0.3 is 5.97 Å². The second kappa shape index (κ2) is 18.4. The highest BCUT2D eigenvalue weighted by Crippen LogP contribution is 2.43. The standard InChI is InChI=1S/C30H30O4.C21H19NO2/c1-18-7-9-27(31)23(11-18)15-21-5-4-6-22(29(21)33)16-25-13-20(3)14-26(30(25)34)17-24-12-19(2)8-10-28(24)32;23-21(24)16-17-22(18-10-4-1-5-11-18,19-12-6-2-7-13-19)20-14-8-3-9-15-20/h4-14,31-34H,15-17H2,1-3H3;1-15H,16-17H2. The Balaban J connectivity index is 0.000000208. The predicted molar refractivity (Wildman–Crippen MR) is 230 cm³/mol. The summed E-state index contributed by atoms with van der Waals surface area (Å²) >= 11 is 0. The zero-order valence-electron chi connectivity index (χ0n) is 33.1. The van der Waals surface area contributed by atoms with Gasteiger partial charge in [-0.1, -0.05) is 137 Å². The lowest BCUT2D eigenvalue weighted by Gasteiger charge is -2.37. The molecule has 0 amide bonds. The number of aromatic hydroxyl groups is 3. The van der Waals surface area contributed by atoms with Crippen LogP contribution < -0.4 is 9.59 Å².